The zero-order chi connectivity index (χ0) is 14.9. The van der Waals surface area contributed by atoms with Crippen LogP contribution < -0.4 is 0 Å². The van der Waals surface area contributed by atoms with Gasteiger partial charge in [-0.25, -0.2) is 0 Å². The van der Waals surface area contributed by atoms with E-state index in [1.54, 1.807) is 24.7 Å². The van der Waals surface area contributed by atoms with Crippen LogP contribution in [0.1, 0.15) is 22.9 Å². The third kappa shape index (κ3) is 3.04. The van der Waals surface area contributed by atoms with Crippen molar-refractivity contribution >= 4 is 33.5 Å². The summed E-state index contributed by atoms with van der Waals surface area (Å²) >= 11 is 9.56. The average molecular weight is 358 g/mol. The van der Waals surface area contributed by atoms with Crippen molar-refractivity contribution in [2.24, 2.45) is 7.05 Å². The second-order valence-electron chi connectivity index (χ2n) is 4.62. The van der Waals surface area contributed by atoms with E-state index in [-0.39, 0.29) is 0 Å². The number of carboxylic acids is 1. The first-order chi connectivity index (χ1) is 9.40. The Morgan fingerprint density at radius 1 is 1.55 bits per heavy atom. The number of nitrogens with zero attached hydrogens (tertiary/aromatic N) is 2. The molecule has 1 unspecified atom stereocenters. The molecule has 0 aliphatic carbocycles. The standard InChI is InChI=1S/C14H14BrClN2O2/c1-8-13(16)12(18(2)17-8)7-11(14(19)20)9-4-3-5-10(15)6-9/h3-6,11H,7H2,1-2H3,(H,19,20). The van der Waals surface area contributed by atoms with Crippen LogP contribution in [0.25, 0.3) is 0 Å². The SMILES string of the molecule is Cc1nn(C)c(CC(C(=O)O)c2cccc(Br)c2)c1Cl. The van der Waals surface area contributed by atoms with Crippen molar-refractivity contribution in [1.29, 1.82) is 0 Å². The van der Waals surface area contributed by atoms with Crippen LogP contribution in [0.4, 0.5) is 0 Å². The van der Waals surface area contributed by atoms with Crippen molar-refractivity contribution in [2.75, 3.05) is 0 Å². The molecular formula is C14H14BrClN2O2. The van der Waals surface area contributed by atoms with E-state index >= 15 is 0 Å². The molecule has 0 saturated carbocycles. The summed E-state index contributed by atoms with van der Waals surface area (Å²) in [6.45, 7) is 1.81. The Kier molecular flexibility index (Phi) is 4.50. The Morgan fingerprint density at radius 2 is 2.25 bits per heavy atom. The molecule has 0 saturated heterocycles. The first-order valence-corrected chi connectivity index (χ1v) is 7.23. The normalized spacial score (nSPS) is 12.4. The third-order valence-electron chi connectivity index (χ3n) is 3.21. The number of hydrogen-bond acceptors (Lipinski definition) is 2. The second-order valence-corrected chi connectivity index (χ2v) is 5.91. The molecule has 1 heterocycles. The zero-order valence-electron chi connectivity index (χ0n) is 11.1. The summed E-state index contributed by atoms with van der Waals surface area (Å²) in [7, 11) is 1.77. The Hall–Kier alpha value is -1.33. The maximum atomic E-state index is 11.6. The van der Waals surface area contributed by atoms with Crippen LogP contribution in [-0.4, -0.2) is 20.9 Å². The van der Waals surface area contributed by atoms with Crippen LogP contribution >= 0.6 is 27.5 Å². The van der Waals surface area contributed by atoms with Crippen LogP contribution in [0.2, 0.25) is 5.02 Å². The molecular weight excluding hydrogens is 344 g/mol. The molecule has 106 valence electrons. The molecule has 2 rings (SSSR count). The van der Waals surface area contributed by atoms with Gasteiger partial charge in [-0.15, -0.1) is 0 Å². The lowest BCUT2D eigenvalue weighted by atomic mass is 9.94. The Balaban J connectivity index is 2.38. The molecule has 1 aromatic heterocycles. The monoisotopic (exact) mass is 356 g/mol. The molecule has 6 heteroatoms. The van der Waals surface area contributed by atoms with Crippen LogP contribution in [0.3, 0.4) is 0 Å². The van der Waals surface area contributed by atoms with Gasteiger partial charge in [0.1, 0.15) is 0 Å². The first-order valence-electron chi connectivity index (χ1n) is 6.06. The largest absolute Gasteiger partial charge is 0.481 e. The first kappa shape index (κ1) is 15.1. The highest BCUT2D eigenvalue weighted by atomic mass is 79.9. The smallest absolute Gasteiger partial charge is 0.311 e. The van der Waals surface area contributed by atoms with Crippen LogP contribution in [-0.2, 0) is 18.3 Å². The zero-order valence-corrected chi connectivity index (χ0v) is 13.4. The number of aromatic nitrogens is 2. The van der Waals surface area contributed by atoms with Gasteiger partial charge in [-0.2, -0.15) is 5.10 Å². The fraction of sp³-hybridized carbons (Fsp3) is 0.286. The topological polar surface area (TPSA) is 55.1 Å². The van der Waals surface area contributed by atoms with Crippen molar-refractivity contribution in [1.82, 2.24) is 9.78 Å². The summed E-state index contributed by atoms with van der Waals surface area (Å²) in [5.41, 5.74) is 2.18. The molecule has 0 spiro atoms. The Labute approximate surface area is 130 Å². The molecule has 0 fully saturated rings. The van der Waals surface area contributed by atoms with Gasteiger partial charge in [0.05, 0.1) is 22.3 Å². The van der Waals surface area contributed by atoms with Crippen LogP contribution in [0.5, 0.6) is 0 Å². The summed E-state index contributed by atoms with van der Waals surface area (Å²) in [5, 5.41) is 14.2. The van der Waals surface area contributed by atoms with E-state index in [1.165, 1.54) is 0 Å². The van der Waals surface area contributed by atoms with E-state index in [0.717, 1.165) is 15.7 Å². The van der Waals surface area contributed by atoms with Crippen molar-refractivity contribution in [3.8, 4) is 0 Å². The van der Waals surface area contributed by atoms with E-state index in [1.807, 2.05) is 18.2 Å². The molecule has 4 nitrogen and oxygen atoms in total. The van der Waals surface area contributed by atoms with Crippen molar-refractivity contribution < 1.29 is 9.90 Å². The predicted octanol–water partition coefficient (Wildman–Crippen LogP) is 3.56. The number of aliphatic carboxylic acids is 1. The molecule has 0 aliphatic rings. The van der Waals surface area contributed by atoms with Gasteiger partial charge in [-0.05, 0) is 24.6 Å². The number of carboxylic acid groups (broad SMARTS) is 1. The molecule has 1 N–H and O–H groups in total. The van der Waals surface area contributed by atoms with Crippen LogP contribution in [0, 0.1) is 6.92 Å². The number of aryl methyl sites for hydroxylation is 2. The number of halogens is 2. The van der Waals surface area contributed by atoms with Crippen molar-refractivity contribution in [3.63, 3.8) is 0 Å². The van der Waals surface area contributed by atoms with E-state index in [0.29, 0.717) is 17.1 Å². The highest BCUT2D eigenvalue weighted by Crippen LogP contribution is 2.28. The fourth-order valence-corrected chi connectivity index (χ4v) is 2.82. The summed E-state index contributed by atoms with van der Waals surface area (Å²) in [5.74, 6) is -1.53. The van der Waals surface area contributed by atoms with Gasteiger partial charge in [0.15, 0.2) is 0 Å². The van der Waals surface area contributed by atoms with Gasteiger partial charge >= 0.3 is 5.97 Å². The molecule has 1 aromatic carbocycles. The lowest BCUT2D eigenvalue weighted by Crippen LogP contribution is -2.16. The lowest BCUT2D eigenvalue weighted by Gasteiger charge is -2.13. The second kappa shape index (κ2) is 5.97. The third-order valence-corrected chi connectivity index (χ3v) is 4.19. The molecule has 0 radical (unpaired) electrons. The maximum absolute atomic E-state index is 11.6. The average Bonchev–Trinajstić information content (AvgIpc) is 2.60. The number of benzene rings is 1. The van der Waals surface area contributed by atoms with Gasteiger partial charge in [0, 0.05) is 17.9 Å². The minimum atomic E-state index is -0.877. The quantitative estimate of drug-likeness (QED) is 0.910. The van der Waals surface area contributed by atoms with Gasteiger partial charge in [0.25, 0.3) is 0 Å². The van der Waals surface area contributed by atoms with E-state index in [9.17, 15) is 9.90 Å². The number of carbonyl (C=O) groups is 1. The number of hydrogen-bond donors (Lipinski definition) is 1. The number of rotatable bonds is 4. The van der Waals surface area contributed by atoms with Crippen molar-refractivity contribution in [3.05, 3.63) is 50.7 Å². The summed E-state index contributed by atoms with van der Waals surface area (Å²) in [6, 6.07) is 7.31. The van der Waals surface area contributed by atoms with Gasteiger partial charge in [0.2, 0.25) is 0 Å². The van der Waals surface area contributed by atoms with Gasteiger partial charge in [-0.3, -0.25) is 9.48 Å². The molecule has 2 aromatic rings. The minimum Gasteiger partial charge on any atom is -0.481 e. The van der Waals surface area contributed by atoms with E-state index in [4.69, 9.17) is 11.6 Å². The Morgan fingerprint density at radius 3 is 2.75 bits per heavy atom. The highest BCUT2D eigenvalue weighted by Gasteiger charge is 2.24. The minimum absolute atomic E-state index is 0.307. The van der Waals surface area contributed by atoms with Crippen molar-refractivity contribution in [2.45, 2.75) is 19.3 Å². The predicted molar refractivity (Wildman–Crippen MR) is 81.2 cm³/mol. The van der Waals surface area contributed by atoms with Crippen LogP contribution in [0.15, 0.2) is 28.7 Å². The molecule has 20 heavy (non-hydrogen) atoms. The molecule has 0 amide bonds. The molecule has 1 atom stereocenters. The Bertz CT molecular complexity index is 655. The van der Waals surface area contributed by atoms with E-state index < -0.39 is 11.9 Å². The highest BCUT2D eigenvalue weighted by molar-refractivity contribution is 9.10. The summed E-state index contributed by atoms with van der Waals surface area (Å²) < 4.78 is 2.50. The maximum Gasteiger partial charge on any atom is 0.311 e. The lowest BCUT2D eigenvalue weighted by molar-refractivity contribution is -0.138. The van der Waals surface area contributed by atoms with Gasteiger partial charge in [-0.1, -0.05) is 39.7 Å². The summed E-state index contributed by atoms with van der Waals surface area (Å²) in [4.78, 5) is 11.6. The van der Waals surface area contributed by atoms with E-state index in [2.05, 4.69) is 21.0 Å². The summed E-state index contributed by atoms with van der Waals surface area (Å²) in [6.07, 6.45) is 0.307. The van der Waals surface area contributed by atoms with Gasteiger partial charge < -0.3 is 5.11 Å². The molecule has 0 aliphatic heterocycles. The molecule has 0 bridgehead atoms. The fourth-order valence-electron chi connectivity index (χ4n) is 2.17.